The van der Waals surface area contributed by atoms with Gasteiger partial charge in [-0.2, -0.15) is 0 Å². The highest BCUT2D eigenvalue weighted by Crippen LogP contribution is 2.36. The summed E-state index contributed by atoms with van der Waals surface area (Å²) in [5, 5.41) is 0. The molecule has 1 aliphatic heterocycles. The molecule has 3 nitrogen and oxygen atoms in total. The molecule has 4 heteroatoms. The molecule has 116 valence electrons. The van der Waals surface area contributed by atoms with Crippen LogP contribution in [-0.2, 0) is 0 Å². The van der Waals surface area contributed by atoms with Gasteiger partial charge in [-0.3, -0.25) is 4.90 Å². The molecule has 0 spiro atoms. The summed E-state index contributed by atoms with van der Waals surface area (Å²) in [5.74, 6) is 0.793. The molecular weight excluding hydrogens is 280 g/mol. The van der Waals surface area contributed by atoms with E-state index in [0.29, 0.717) is 17.0 Å². The third kappa shape index (κ3) is 3.95. The zero-order chi connectivity index (χ0) is 15.3. The number of hydrogen-bond donors (Lipinski definition) is 1. The zero-order valence-corrected chi connectivity index (χ0v) is 13.9. The van der Waals surface area contributed by atoms with Crippen molar-refractivity contribution in [2.24, 2.45) is 11.1 Å². The van der Waals surface area contributed by atoms with Gasteiger partial charge in [0.15, 0.2) is 0 Å². The van der Waals surface area contributed by atoms with Crippen molar-refractivity contribution < 1.29 is 4.74 Å². The Kier molecular flexibility index (Phi) is 5.59. The van der Waals surface area contributed by atoms with E-state index in [9.17, 15) is 0 Å². The molecule has 2 N–H and O–H groups in total. The van der Waals surface area contributed by atoms with E-state index in [4.69, 9.17) is 22.7 Å². The maximum absolute atomic E-state index is 5.89. The summed E-state index contributed by atoms with van der Waals surface area (Å²) < 4.78 is 5.89. The smallest absolute Gasteiger partial charge is 0.129 e. The van der Waals surface area contributed by atoms with Crippen molar-refractivity contribution >= 4 is 17.2 Å². The van der Waals surface area contributed by atoms with E-state index in [1.807, 2.05) is 24.3 Å². The minimum Gasteiger partial charge on any atom is -0.492 e. The van der Waals surface area contributed by atoms with Crippen LogP contribution in [0.25, 0.3) is 0 Å². The van der Waals surface area contributed by atoms with Crippen LogP contribution in [0.5, 0.6) is 5.75 Å². The Hall–Kier alpha value is -1.13. The van der Waals surface area contributed by atoms with Gasteiger partial charge in [0.25, 0.3) is 0 Å². The number of benzene rings is 1. The summed E-state index contributed by atoms with van der Waals surface area (Å²) in [5.41, 5.74) is 7.07. The number of nitrogens with zero attached hydrogens (tertiary/aromatic N) is 1. The van der Waals surface area contributed by atoms with Crippen LogP contribution in [0, 0.1) is 5.41 Å². The quantitative estimate of drug-likeness (QED) is 0.785. The normalized spacial score (nSPS) is 17.8. The van der Waals surface area contributed by atoms with Gasteiger partial charge < -0.3 is 10.5 Å². The number of nitrogens with two attached hydrogens (primary N) is 1. The van der Waals surface area contributed by atoms with E-state index in [2.05, 4.69) is 18.7 Å². The molecule has 1 aliphatic rings. The van der Waals surface area contributed by atoms with Crippen LogP contribution < -0.4 is 10.5 Å². The molecule has 1 aromatic carbocycles. The van der Waals surface area contributed by atoms with Crippen molar-refractivity contribution in [1.29, 1.82) is 0 Å². The number of thiocarbonyl (C=S) groups is 1. The van der Waals surface area contributed by atoms with Gasteiger partial charge in [0, 0.05) is 13.1 Å². The van der Waals surface area contributed by atoms with Crippen LogP contribution in [0.3, 0.4) is 0 Å². The molecular formula is C17H26N2OS. The van der Waals surface area contributed by atoms with Crippen LogP contribution in [0.4, 0.5) is 0 Å². The van der Waals surface area contributed by atoms with Gasteiger partial charge in [0.2, 0.25) is 0 Å². The highest BCUT2D eigenvalue weighted by atomic mass is 32.1. The van der Waals surface area contributed by atoms with Gasteiger partial charge in [0.1, 0.15) is 17.3 Å². The Balaban J connectivity index is 1.85. The predicted molar refractivity (Wildman–Crippen MR) is 91.9 cm³/mol. The van der Waals surface area contributed by atoms with Crippen molar-refractivity contribution in [3.8, 4) is 5.75 Å². The van der Waals surface area contributed by atoms with Gasteiger partial charge >= 0.3 is 0 Å². The summed E-state index contributed by atoms with van der Waals surface area (Å²) >= 11 is 5.06. The Morgan fingerprint density at radius 3 is 2.67 bits per heavy atom. The van der Waals surface area contributed by atoms with Gasteiger partial charge in [0.05, 0.1) is 5.56 Å². The minimum absolute atomic E-state index is 0.391. The van der Waals surface area contributed by atoms with E-state index >= 15 is 0 Å². The van der Waals surface area contributed by atoms with E-state index in [0.717, 1.165) is 17.9 Å². The van der Waals surface area contributed by atoms with Crippen molar-refractivity contribution in [2.45, 2.75) is 33.1 Å². The number of ether oxygens (including phenoxy) is 1. The summed E-state index contributed by atoms with van der Waals surface area (Å²) in [6, 6.07) is 7.72. The molecule has 0 bridgehead atoms. The third-order valence-electron chi connectivity index (χ3n) is 4.83. The summed E-state index contributed by atoms with van der Waals surface area (Å²) in [6.45, 7) is 8.64. The van der Waals surface area contributed by atoms with Crippen LogP contribution >= 0.6 is 12.2 Å². The van der Waals surface area contributed by atoms with Crippen LogP contribution in [0.15, 0.2) is 24.3 Å². The van der Waals surface area contributed by atoms with Crippen LogP contribution in [0.2, 0.25) is 0 Å². The van der Waals surface area contributed by atoms with E-state index < -0.39 is 0 Å². The lowest BCUT2D eigenvalue weighted by atomic mass is 9.82. The Morgan fingerprint density at radius 1 is 1.33 bits per heavy atom. The lowest BCUT2D eigenvalue weighted by Crippen LogP contribution is -2.30. The first-order valence-corrected chi connectivity index (χ1v) is 8.25. The number of likely N-dealkylation sites (tertiary alicyclic amines) is 1. The molecule has 1 heterocycles. The fraction of sp³-hybridized carbons (Fsp3) is 0.588. The largest absolute Gasteiger partial charge is 0.492 e. The second-order valence-corrected chi connectivity index (χ2v) is 6.38. The molecule has 0 radical (unpaired) electrons. The Bertz CT molecular complexity index is 485. The van der Waals surface area contributed by atoms with Gasteiger partial charge in [-0.15, -0.1) is 0 Å². The van der Waals surface area contributed by atoms with Crippen LogP contribution in [0.1, 0.15) is 38.7 Å². The SMILES string of the molecule is CCC1(CC)CCN(CCOc2ccccc2C(N)=S)C1. The van der Waals surface area contributed by atoms with Gasteiger partial charge in [-0.1, -0.05) is 38.2 Å². The standard InChI is InChI=1S/C17H26N2OS/c1-3-17(4-2)9-10-19(13-17)11-12-20-15-8-6-5-7-14(15)16(18)21/h5-8H,3-4,9-13H2,1-2H3,(H2,18,21). The summed E-state index contributed by atoms with van der Waals surface area (Å²) in [6.07, 6.45) is 3.85. The first-order valence-electron chi connectivity index (χ1n) is 7.84. The highest BCUT2D eigenvalue weighted by Gasteiger charge is 2.34. The minimum atomic E-state index is 0.391. The molecule has 0 unspecified atom stereocenters. The molecule has 0 amide bonds. The monoisotopic (exact) mass is 306 g/mol. The van der Waals surface area contributed by atoms with Gasteiger partial charge in [-0.25, -0.2) is 0 Å². The lowest BCUT2D eigenvalue weighted by molar-refractivity contribution is 0.204. The second kappa shape index (κ2) is 7.23. The van der Waals surface area contributed by atoms with Gasteiger partial charge in [-0.05, 0) is 43.4 Å². The van der Waals surface area contributed by atoms with Crippen molar-refractivity contribution in [3.05, 3.63) is 29.8 Å². The fourth-order valence-corrected chi connectivity index (χ4v) is 3.30. The zero-order valence-electron chi connectivity index (χ0n) is 13.1. The summed E-state index contributed by atoms with van der Waals surface area (Å²) in [7, 11) is 0. The summed E-state index contributed by atoms with van der Waals surface area (Å²) in [4.78, 5) is 2.90. The molecule has 0 atom stereocenters. The lowest BCUT2D eigenvalue weighted by Gasteiger charge is -2.26. The molecule has 21 heavy (non-hydrogen) atoms. The topological polar surface area (TPSA) is 38.5 Å². The molecule has 0 aromatic heterocycles. The Labute approximate surface area is 133 Å². The molecule has 0 aliphatic carbocycles. The maximum Gasteiger partial charge on any atom is 0.129 e. The molecule has 0 saturated carbocycles. The maximum atomic E-state index is 5.89. The van der Waals surface area contributed by atoms with Crippen LogP contribution in [-0.4, -0.2) is 36.1 Å². The van der Waals surface area contributed by atoms with E-state index in [-0.39, 0.29) is 0 Å². The number of rotatable bonds is 7. The fourth-order valence-electron chi connectivity index (χ4n) is 3.13. The predicted octanol–water partition coefficient (Wildman–Crippen LogP) is 3.21. The van der Waals surface area contributed by atoms with E-state index in [1.165, 1.54) is 32.4 Å². The molecule has 1 fully saturated rings. The number of hydrogen-bond acceptors (Lipinski definition) is 3. The Morgan fingerprint density at radius 2 is 2.05 bits per heavy atom. The average Bonchev–Trinajstić information content (AvgIpc) is 2.92. The second-order valence-electron chi connectivity index (χ2n) is 5.94. The third-order valence-corrected chi connectivity index (χ3v) is 5.05. The van der Waals surface area contributed by atoms with E-state index in [1.54, 1.807) is 0 Å². The highest BCUT2D eigenvalue weighted by molar-refractivity contribution is 7.80. The molecule has 2 rings (SSSR count). The molecule has 1 saturated heterocycles. The first kappa shape index (κ1) is 16.2. The van der Waals surface area contributed by atoms with Crippen molar-refractivity contribution in [2.75, 3.05) is 26.2 Å². The van der Waals surface area contributed by atoms with Crippen molar-refractivity contribution in [3.63, 3.8) is 0 Å². The van der Waals surface area contributed by atoms with Crippen molar-refractivity contribution in [1.82, 2.24) is 4.90 Å². The average molecular weight is 306 g/mol. The number of para-hydroxylation sites is 1. The first-order chi connectivity index (χ1) is 10.1. The molecule has 1 aromatic rings.